The van der Waals surface area contributed by atoms with Gasteiger partial charge in [0.05, 0.1) is 29.3 Å². The fourth-order valence-corrected chi connectivity index (χ4v) is 3.76. The van der Waals surface area contributed by atoms with Crippen LogP contribution in [0, 0.1) is 19.7 Å². The highest BCUT2D eigenvalue weighted by atomic mass is 19.4. The van der Waals surface area contributed by atoms with Gasteiger partial charge in [-0.1, -0.05) is 30.3 Å². The lowest BCUT2D eigenvalue weighted by Crippen LogP contribution is -2.21. The maximum absolute atomic E-state index is 14.8. The van der Waals surface area contributed by atoms with Crippen molar-refractivity contribution in [2.24, 2.45) is 7.05 Å². The first-order valence-electron chi connectivity index (χ1n) is 11.5. The van der Waals surface area contributed by atoms with Gasteiger partial charge in [-0.2, -0.15) is 18.3 Å². The smallest absolute Gasteiger partial charge is 0.475 e. The number of amides is 1. The van der Waals surface area contributed by atoms with Crippen LogP contribution in [0.15, 0.2) is 60.9 Å². The normalized spacial score (nSPS) is 11.2. The lowest BCUT2D eigenvalue weighted by Gasteiger charge is -2.09. The monoisotopic (exact) mass is 555 g/mol. The van der Waals surface area contributed by atoms with E-state index in [0.29, 0.717) is 22.7 Å². The molecule has 0 unspecified atom stereocenters. The van der Waals surface area contributed by atoms with Crippen molar-refractivity contribution in [1.29, 1.82) is 0 Å². The summed E-state index contributed by atoms with van der Waals surface area (Å²) in [6.45, 7) is 3.85. The minimum atomic E-state index is -5.08. The van der Waals surface area contributed by atoms with Crippen LogP contribution in [0.4, 0.5) is 23.2 Å². The molecule has 1 amide bonds. The highest BCUT2D eigenvalue weighted by Gasteiger charge is 2.38. The molecule has 0 aliphatic rings. The molecule has 0 aliphatic carbocycles. The van der Waals surface area contributed by atoms with Crippen LogP contribution in [-0.2, 0) is 11.8 Å². The Kier molecular flexibility index (Phi) is 7.61. The summed E-state index contributed by atoms with van der Waals surface area (Å²) >= 11 is 0. The van der Waals surface area contributed by atoms with Gasteiger partial charge in [-0.05, 0) is 31.5 Å². The molecule has 0 bridgehead atoms. The van der Waals surface area contributed by atoms with Crippen molar-refractivity contribution in [3.8, 4) is 22.6 Å². The predicted molar refractivity (Wildman–Crippen MR) is 136 cm³/mol. The number of halogens is 4. The van der Waals surface area contributed by atoms with Crippen molar-refractivity contribution >= 4 is 23.2 Å². The third-order valence-corrected chi connectivity index (χ3v) is 5.47. The summed E-state index contributed by atoms with van der Waals surface area (Å²) in [4.78, 5) is 31.1. The summed E-state index contributed by atoms with van der Waals surface area (Å²) in [7, 11) is 1.66. The number of fused-ring (bicyclic) bond motifs is 1. The fourth-order valence-electron chi connectivity index (χ4n) is 3.76. The zero-order chi connectivity index (χ0) is 29.2. The standard InChI is InChI=1S/C24H20FN7O.C2HF3O2/c1-14-9-15(2)27-19(10-14)17-12-26-31(3)22(17)24(33)28-20-11-21-29-23(16-7-5-4-6-8-16)30-32(21)13-18(20)25;3-2(4,5)1(6)7/h4-13H,1-3H3,(H,28,33);(H,6,7). The minimum absolute atomic E-state index is 0.0000404. The van der Waals surface area contributed by atoms with Crippen molar-refractivity contribution in [2.45, 2.75) is 20.0 Å². The maximum atomic E-state index is 14.8. The summed E-state index contributed by atoms with van der Waals surface area (Å²) in [6, 6.07) is 14.7. The molecule has 14 heteroatoms. The predicted octanol–water partition coefficient (Wildman–Crippen LogP) is 4.83. The largest absolute Gasteiger partial charge is 0.490 e. The lowest BCUT2D eigenvalue weighted by molar-refractivity contribution is -0.192. The van der Waals surface area contributed by atoms with Gasteiger partial charge < -0.3 is 10.4 Å². The van der Waals surface area contributed by atoms with Crippen LogP contribution >= 0.6 is 0 Å². The molecule has 0 saturated carbocycles. The van der Waals surface area contributed by atoms with E-state index in [0.717, 1.165) is 16.8 Å². The van der Waals surface area contributed by atoms with Crippen molar-refractivity contribution < 1.29 is 32.3 Å². The van der Waals surface area contributed by atoms with Crippen LogP contribution < -0.4 is 5.32 Å². The van der Waals surface area contributed by atoms with Crippen molar-refractivity contribution in [2.75, 3.05) is 5.32 Å². The molecule has 4 aromatic heterocycles. The molecule has 1 aromatic carbocycles. The van der Waals surface area contributed by atoms with E-state index in [4.69, 9.17) is 9.90 Å². The fraction of sp³-hybridized carbons (Fsp3) is 0.154. The van der Waals surface area contributed by atoms with E-state index in [-0.39, 0.29) is 11.4 Å². The van der Waals surface area contributed by atoms with Gasteiger partial charge in [0.25, 0.3) is 5.91 Å². The first-order valence-corrected chi connectivity index (χ1v) is 11.5. The highest BCUT2D eigenvalue weighted by molar-refractivity contribution is 6.07. The van der Waals surface area contributed by atoms with E-state index in [1.807, 2.05) is 56.3 Å². The average molecular weight is 555 g/mol. The molecule has 5 aromatic rings. The minimum Gasteiger partial charge on any atom is -0.475 e. The number of hydrogen-bond donors (Lipinski definition) is 2. The molecular formula is C26H21F4N7O3. The molecule has 40 heavy (non-hydrogen) atoms. The molecule has 2 N–H and O–H groups in total. The van der Waals surface area contributed by atoms with Gasteiger partial charge in [-0.25, -0.2) is 18.7 Å². The number of carboxylic acids is 1. The Morgan fingerprint density at radius 1 is 1.02 bits per heavy atom. The Bertz CT molecular complexity index is 1690. The highest BCUT2D eigenvalue weighted by Crippen LogP contribution is 2.25. The number of anilines is 1. The Hall–Kier alpha value is -5.14. The Morgan fingerprint density at radius 3 is 2.33 bits per heavy atom. The molecule has 206 valence electrons. The molecule has 0 spiro atoms. The topological polar surface area (TPSA) is 127 Å². The average Bonchev–Trinajstić information content (AvgIpc) is 3.47. The van der Waals surface area contributed by atoms with E-state index in [1.165, 1.54) is 21.5 Å². The third-order valence-electron chi connectivity index (χ3n) is 5.47. The van der Waals surface area contributed by atoms with E-state index in [1.54, 1.807) is 13.2 Å². The van der Waals surface area contributed by atoms with Gasteiger partial charge in [0, 0.05) is 24.4 Å². The van der Waals surface area contributed by atoms with Gasteiger partial charge in [0.2, 0.25) is 0 Å². The summed E-state index contributed by atoms with van der Waals surface area (Å²) in [5.74, 6) is -3.42. The van der Waals surface area contributed by atoms with Crippen LogP contribution in [0.2, 0.25) is 0 Å². The number of aliphatic carboxylic acids is 1. The Labute approximate surface area is 223 Å². The molecule has 0 atom stereocenters. The third kappa shape index (κ3) is 6.11. The quantitative estimate of drug-likeness (QED) is 0.304. The summed E-state index contributed by atoms with van der Waals surface area (Å²) < 4.78 is 49.4. The zero-order valence-corrected chi connectivity index (χ0v) is 21.2. The SMILES string of the molecule is Cc1cc(C)nc(-c2cnn(C)c2C(=O)Nc2cc3nc(-c4ccccc4)nn3cc2F)c1.O=C(O)C(F)(F)F. The zero-order valence-electron chi connectivity index (χ0n) is 21.2. The molecule has 10 nitrogen and oxygen atoms in total. The second-order valence-electron chi connectivity index (χ2n) is 8.60. The second-order valence-corrected chi connectivity index (χ2v) is 8.60. The van der Waals surface area contributed by atoms with E-state index in [2.05, 4.69) is 25.5 Å². The number of hydrogen-bond acceptors (Lipinski definition) is 6. The Balaban J connectivity index is 0.000000470. The van der Waals surface area contributed by atoms with Crippen LogP contribution in [0.3, 0.4) is 0 Å². The van der Waals surface area contributed by atoms with Gasteiger partial charge >= 0.3 is 12.1 Å². The molecule has 0 fully saturated rings. The molecule has 0 radical (unpaired) electrons. The number of nitrogens with zero attached hydrogens (tertiary/aromatic N) is 6. The number of carboxylic acid groups (broad SMARTS) is 1. The van der Waals surface area contributed by atoms with Gasteiger partial charge in [0.1, 0.15) is 5.69 Å². The van der Waals surface area contributed by atoms with E-state index >= 15 is 0 Å². The van der Waals surface area contributed by atoms with Crippen LogP contribution in [-0.4, -0.2) is 52.5 Å². The number of aryl methyl sites for hydroxylation is 3. The van der Waals surface area contributed by atoms with Gasteiger partial charge in [-0.3, -0.25) is 14.5 Å². The number of carbonyl (C=O) groups is 2. The van der Waals surface area contributed by atoms with Crippen LogP contribution in [0.25, 0.3) is 28.3 Å². The maximum Gasteiger partial charge on any atom is 0.490 e. The molecule has 5 rings (SSSR count). The number of pyridine rings is 2. The second kappa shape index (κ2) is 10.9. The summed E-state index contributed by atoms with van der Waals surface area (Å²) in [5, 5.41) is 18.3. The van der Waals surface area contributed by atoms with Crippen molar-refractivity contribution in [3.63, 3.8) is 0 Å². The van der Waals surface area contributed by atoms with Crippen molar-refractivity contribution in [3.05, 3.63) is 83.7 Å². The number of benzene rings is 1. The van der Waals surface area contributed by atoms with Gasteiger partial charge in [-0.15, -0.1) is 5.10 Å². The lowest BCUT2D eigenvalue weighted by atomic mass is 10.1. The van der Waals surface area contributed by atoms with Gasteiger partial charge in [0.15, 0.2) is 17.3 Å². The summed E-state index contributed by atoms with van der Waals surface area (Å²) in [5.41, 5.74) is 4.55. The number of alkyl halides is 3. The number of rotatable bonds is 4. The van der Waals surface area contributed by atoms with Crippen LogP contribution in [0.5, 0.6) is 0 Å². The van der Waals surface area contributed by atoms with E-state index < -0.39 is 23.9 Å². The molecule has 4 heterocycles. The first-order chi connectivity index (χ1) is 18.8. The molecular weight excluding hydrogens is 534 g/mol. The summed E-state index contributed by atoms with van der Waals surface area (Å²) in [6.07, 6.45) is -2.31. The molecule has 0 aliphatic heterocycles. The van der Waals surface area contributed by atoms with E-state index in [9.17, 15) is 22.4 Å². The molecule has 0 saturated heterocycles. The van der Waals surface area contributed by atoms with Crippen LogP contribution in [0.1, 0.15) is 21.7 Å². The Morgan fingerprint density at radius 2 is 1.70 bits per heavy atom. The number of aromatic nitrogens is 6. The first kappa shape index (κ1) is 27.9. The number of carbonyl (C=O) groups excluding carboxylic acids is 1. The number of nitrogens with one attached hydrogen (secondary N) is 1. The van der Waals surface area contributed by atoms with Crippen molar-refractivity contribution in [1.82, 2.24) is 29.4 Å².